The van der Waals surface area contributed by atoms with E-state index in [1.807, 2.05) is 0 Å². The third kappa shape index (κ3) is 3.42. The van der Waals surface area contributed by atoms with Gasteiger partial charge in [-0.1, -0.05) is 0 Å². The Morgan fingerprint density at radius 3 is 2.27 bits per heavy atom. The molecule has 0 radical (unpaired) electrons. The van der Waals surface area contributed by atoms with Crippen LogP contribution < -0.4 is 0 Å². The Balaban J connectivity index is 2.37. The van der Waals surface area contributed by atoms with Gasteiger partial charge in [-0.15, -0.1) is 0 Å². The highest BCUT2D eigenvalue weighted by atomic mass is 16.6. The van der Waals surface area contributed by atoms with Gasteiger partial charge in [-0.25, -0.2) is 4.79 Å². The first-order valence-electron chi connectivity index (χ1n) is 5.19. The molecular weight excluding hydrogens is 198 g/mol. The Kier molecular flexibility index (Phi) is 3.94. The number of likely N-dealkylation sites (tertiary alicyclic amines) is 1. The first-order chi connectivity index (χ1) is 7.00. The Hall–Kier alpha value is -1.26. The second-order valence-electron chi connectivity index (χ2n) is 4.03. The Morgan fingerprint density at radius 1 is 1.33 bits per heavy atom. The van der Waals surface area contributed by atoms with E-state index in [1.165, 1.54) is 0 Å². The molecule has 0 unspecified atom stereocenters. The van der Waals surface area contributed by atoms with Crippen LogP contribution in [0.1, 0.15) is 26.7 Å². The molecule has 1 aliphatic heterocycles. The normalized spacial score (nSPS) is 17.9. The number of carboxylic acids is 1. The zero-order valence-electron chi connectivity index (χ0n) is 9.10. The van der Waals surface area contributed by atoms with E-state index in [0.717, 1.165) is 0 Å². The third-order valence-electron chi connectivity index (χ3n) is 2.44. The number of hydrogen-bond donors (Lipinski definition) is 1. The van der Waals surface area contributed by atoms with Crippen LogP contribution in [-0.4, -0.2) is 41.3 Å². The van der Waals surface area contributed by atoms with Crippen molar-refractivity contribution in [1.82, 2.24) is 4.90 Å². The van der Waals surface area contributed by atoms with E-state index >= 15 is 0 Å². The molecule has 0 spiro atoms. The number of aliphatic carboxylic acids is 1. The molecule has 0 atom stereocenters. The topological polar surface area (TPSA) is 66.8 Å². The third-order valence-corrected chi connectivity index (χ3v) is 2.44. The van der Waals surface area contributed by atoms with Crippen molar-refractivity contribution in [2.24, 2.45) is 5.92 Å². The van der Waals surface area contributed by atoms with Crippen molar-refractivity contribution in [3.8, 4) is 0 Å². The van der Waals surface area contributed by atoms with Gasteiger partial charge < -0.3 is 14.7 Å². The summed E-state index contributed by atoms with van der Waals surface area (Å²) in [5.74, 6) is -1.08. The summed E-state index contributed by atoms with van der Waals surface area (Å²) in [4.78, 5) is 23.7. The lowest BCUT2D eigenvalue weighted by atomic mass is 9.97. The lowest BCUT2D eigenvalue weighted by Gasteiger charge is -2.29. The van der Waals surface area contributed by atoms with Crippen LogP contribution in [0.5, 0.6) is 0 Å². The Labute approximate surface area is 89.0 Å². The van der Waals surface area contributed by atoms with Crippen molar-refractivity contribution in [2.45, 2.75) is 32.8 Å². The van der Waals surface area contributed by atoms with Crippen LogP contribution in [0.2, 0.25) is 0 Å². The van der Waals surface area contributed by atoms with Crippen LogP contribution in [0.3, 0.4) is 0 Å². The molecule has 0 aromatic carbocycles. The van der Waals surface area contributed by atoms with Crippen molar-refractivity contribution in [3.63, 3.8) is 0 Å². The summed E-state index contributed by atoms with van der Waals surface area (Å²) in [6, 6.07) is 0. The van der Waals surface area contributed by atoms with Gasteiger partial charge >= 0.3 is 12.1 Å². The molecule has 0 saturated carbocycles. The number of piperidine rings is 1. The highest BCUT2D eigenvalue weighted by Crippen LogP contribution is 2.18. The Morgan fingerprint density at radius 2 is 1.87 bits per heavy atom. The number of carboxylic acid groups (broad SMARTS) is 1. The highest BCUT2D eigenvalue weighted by molar-refractivity contribution is 5.71. The zero-order valence-corrected chi connectivity index (χ0v) is 9.10. The predicted molar refractivity (Wildman–Crippen MR) is 53.5 cm³/mol. The molecule has 0 aromatic rings. The average Bonchev–Trinajstić information content (AvgIpc) is 2.17. The van der Waals surface area contributed by atoms with Crippen molar-refractivity contribution in [1.29, 1.82) is 0 Å². The summed E-state index contributed by atoms with van der Waals surface area (Å²) in [5, 5.41) is 8.77. The molecular formula is C10H17NO4. The van der Waals surface area contributed by atoms with Gasteiger partial charge in [-0.3, -0.25) is 4.79 Å². The molecule has 5 nitrogen and oxygen atoms in total. The van der Waals surface area contributed by atoms with E-state index in [1.54, 1.807) is 18.7 Å². The second-order valence-corrected chi connectivity index (χ2v) is 4.03. The SMILES string of the molecule is CC(C)OC(=O)N1CCC(C(=O)O)CC1. The molecule has 86 valence electrons. The fourth-order valence-corrected chi connectivity index (χ4v) is 1.59. The van der Waals surface area contributed by atoms with E-state index in [2.05, 4.69) is 0 Å². The largest absolute Gasteiger partial charge is 0.481 e. The minimum absolute atomic E-state index is 0.130. The summed E-state index contributed by atoms with van der Waals surface area (Å²) in [5.41, 5.74) is 0. The molecule has 1 N–H and O–H groups in total. The van der Waals surface area contributed by atoms with Gasteiger partial charge in [-0.05, 0) is 26.7 Å². The molecule has 5 heteroatoms. The van der Waals surface area contributed by atoms with Gasteiger partial charge in [0.05, 0.1) is 12.0 Å². The average molecular weight is 215 g/mol. The monoisotopic (exact) mass is 215 g/mol. The number of rotatable bonds is 2. The minimum Gasteiger partial charge on any atom is -0.481 e. The number of carbonyl (C=O) groups is 2. The van der Waals surface area contributed by atoms with Crippen molar-refractivity contribution in [2.75, 3.05) is 13.1 Å². The number of hydrogen-bond acceptors (Lipinski definition) is 3. The van der Waals surface area contributed by atoms with Crippen molar-refractivity contribution < 1.29 is 19.4 Å². The zero-order chi connectivity index (χ0) is 11.4. The summed E-state index contributed by atoms with van der Waals surface area (Å²) in [6.45, 7) is 4.54. The van der Waals surface area contributed by atoms with Gasteiger partial charge in [0, 0.05) is 13.1 Å². The van der Waals surface area contributed by atoms with E-state index in [9.17, 15) is 9.59 Å². The van der Waals surface area contributed by atoms with Crippen LogP contribution in [0.15, 0.2) is 0 Å². The molecule has 1 rings (SSSR count). The van der Waals surface area contributed by atoms with Crippen LogP contribution in [0.25, 0.3) is 0 Å². The standard InChI is InChI=1S/C10H17NO4/c1-7(2)15-10(14)11-5-3-8(4-6-11)9(12)13/h7-8H,3-6H2,1-2H3,(H,12,13). The molecule has 1 amide bonds. The van der Waals surface area contributed by atoms with E-state index < -0.39 is 5.97 Å². The van der Waals surface area contributed by atoms with Crippen LogP contribution in [-0.2, 0) is 9.53 Å². The molecule has 0 aliphatic carbocycles. The van der Waals surface area contributed by atoms with E-state index in [0.29, 0.717) is 25.9 Å². The maximum absolute atomic E-state index is 11.4. The van der Waals surface area contributed by atoms with E-state index in [4.69, 9.17) is 9.84 Å². The fraction of sp³-hybridized carbons (Fsp3) is 0.800. The van der Waals surface area contributed by atoms with Gasteiger partial charge in [-0.2, -0.15) is 0 Å². The summed E-state index contributed by atoms with van der Waals surface area (Å²) >= 11 is 0. The number of amides is 1. The van der Waals surface area contributed by atoms with Crippen molar-refractivity contribution >= 4 is 12.1 Å². The smallest absolute Gasteiger partial charge is 0.410 e. The molecule has 1 aliphatic rings. The van der Waals surface area contributed by atoms with Crippen LogP contribution >= 0.6 is 0 Å². The van der Waals surface area contributed by atoms with Crippen LogP contribution in [0.4, 0.5) is 4.79 Å². The lowest BCUT2D eigenvalue weighted by Crippen LogP contribution is -2.41. The first kappa shape index (κ1) is 11.8. The quantitative estimate of drug-likeness (QED) is 0.754. The molecule has 1 heterocycles. The minimum atomic E-state index is -0.771. The van der Waals surface area contributed by atoms with Crippen molar-refractivity contribution in [3.05, 3.63) is 0 Å². The van der Waals surface area contributed by atoms with Gasteiger partial charge in [0.1, 0.15) is 0 Å². The number of ether oxygens (including phenoxy) is 1. The predicted octanol–water partition coefficient (Wildman–Crippen LogP) is 1.33. The summed E-state index contributed by atoms with van der Waals surface area (Å²) < 4.78 is 5.02. The summed E-state index contributed by atoms with van der Waals surface area (Å²) in [6.07, 6.45) is 0.564. The van der Waals surface area contributed by atoms with Gasteiger partial charge in [0.15, 0.2) is 0 Å². The van der Waals surface area contributed by atoms with Crippen LogP contribution in [0, 0.1) is 5.92 Å². The molecule has 0 bridgehead atoms. The second kappa shape index (κ2) is 5.00. The van der Waals surface area contributed by atoms with Gasteiger partial charge in [0.25, 0.3) is 0 Å². The molecule has 15 heavy (non-hydrogen) atoms. The molecule has 1 fully saturated rings. The first-order valence-corrected chi connectivity index (χ1v) is 5.19. The Bertz CT molecular complexity index is 244. The van der Waals surface area contributed by atoms with E-state index in [-0.39, 0.29) is 18.1 Å². The number of carbonyl (C=O) groups excluding carboxylic acids is 1. The fourth-order valence-electron chi connectivity index (χ4n) is 1.59. The maximum atomic E-state index is 11.4. The molecule has 0 aromatic heterocycles. The van der Waals surface area contributed by atoms with Gasteiger partial charge in [0.2, 0.25) is 0 Å². The molecule has 1 saturated heterocycles. The lowest BCUT2D eigenvalue weighted by molar-refractivity contribution is -0.143. The summed E-state index contributed by atoms with van der Waals surface area (Å²) in [7, 11) is 0. The number of nitrogens with zero attached hydrogens (tertiary/aromatic N) is 1. The highest BCUT2D eigenvalue weighted by Gasteiger charge is 2.27. The maximum Gasteiger partial charge on any atom is 0.410 e.